The normalized spacial score (nSPS) is 28.0. The van der Waals surface area contributed by atoms with Crippen LogP contribution >= 0.6 is 0 Å². The van der Waals surface area contributed by atoms with Crippen molar-refractivity contribution in [1.82, 2.24) is 0 Å². The molecule has 2 rings (SSSR count). The zero-order valence-corrected chi connectivity index (χ0v) is 10.3. The molecule has 1 saturated heterocycles. The topological polar surface area (TPSA) is 99.4 Å². The minimum atomic E-state index is -1.48. The van der Waals surface area contributed by atoms with Crippen molar-refractivity contribution in [3.05, 3.63) is 35.9 Å². The first-order valence-electron chi connectivity index (χ1n) is 6.10. The van der Waals surface area contributed by atoms with E-state index < -0.39 is 37.3 Å². The van der Waals surface area contributed by atoms with Crippen LogP contribution in [0.15, 0.2) is 30.3 Å². The first-order chi connectivity index (χ1) is 9.13. The average molecular weight is 270 g/mol. The van der Waals surface area contributed by atoms with Gasteiger partial charge in [0.05, 0.1) is 13.2 Å². The molecular formula is C13H18O6. The molecular weight excluding hydrogens is 252 g/mol. The molecule has 1 heterocycles. The van der Waals surface area contributed by atoms with Crippen molar-refractivity contribution in [2.24, 2.45) is 0 Å². The van der Waals surface area contributed by atoms with Gasteiger partial charge >= 0.3 is 0 Å². The van der Waals surface area contributed by atoms with E-state index in [-0.39, 0.29) is 6.61 Å². The lowest BCUT2D eigenvalue weighted by atomic mass is 10.0. The van der Waals surface area contributed by atoms with E-state index >= 15 is 0 Å². The monoisotopic (exact) mass is 270 g/mol. The Hall–Kier alpha value is -1.02. The van der Waals surface area contributed by atoms with Crippen LogP contribution in [0, 0.1) is 0 Å². The molecule has 4 N–H and O–H groups in total. The lowest BCUT2D eigenvalue weighted by Crippen LogP contribution is -2.46. The predicted octanol–water partition coefficient (Wildman–Crippen LogP) is -0.824. The number of ether oxygens (including phenoxy) is 2. The second-order valence-corrected chi connectivity index (χ2v) is 4.48. The van der Waals surface area contributed by atoms with Crippen molar-refractivity contribution in [3.8, 4) is 0 Å². The summed E-state index contributed by atoms with van der Waals surface area (Å²) in [5, 5.41) is 37.5. The van der Waals surface area contributed by atoms with E-state index in [0.717, 1.165) is 5.56 Å². The summed E-state index contributed by atoms with van der Waals surface area (Å²) in [5.41, 5.74) is 0.814. The van der Waals surface area contributed by atoms with E-state index in [9.17, 15) is 15.3 Å². The smallest absolute Gasteiger partial charge is 0.184 e. The molecule has 1 aliphatic rings. The van der Waals surface area contributed by atoms with Crippen LogP contribution < -0.4 is 0 Å². The third-order valence-electron chi connectivity index (χ3n) is 3.09. The largest absolute Gasteiger partial charge is 0.394 e. The Kier molecular flexibility index (Phi) is 4.87. The van der Waals surface area contributed by atoms with Crippen LogP contribution in [0.4, 0.5) is 0 Å². The van der Waals surface area contributed by atoms with Crippen molar-refractivity contribution in [1.29, 1.82) is 0 Å². The molecule has 1 aliphatic heterocycles. The maximum atomic E-state index is 9.86. The van der Waals surface area contributed by atoms with Crippen molar-refractivity contribution in [3.63, 3.8) is 0 Å². The molecule has 5 atom stereocenters. The van der Waals surface area contributed by atoms with Gasteiger partial charge in [0.1, 0.15) is 24.4 Å². The van der Waals surface area contributed by atoms with Gasteiger partial charge in [-0.2, -0.15) is 0 Å². The minimum Gasteiger partial charge on any atom is -0.394 e. The number of aliphatic hydroxyl groups is 4. The molecule has 106 valence electrons. The third kappa shape index (κ3) is 3.30. The van der Waals surface area contributed by atoms with Gasteiger partial charge in [-0.1, -0.05) is 30.3 Å². The summed E-state index contributed by atoms with van der Waals surface area (Å²) in [7, 11) is 0. The summed E-state index contributed by atoms with van der Waals surface area (Å²) >= 11 is 0. The highest BCUT2D eigenvalue weighted by molar-refractivity contribution is 5.16. The summed E-state index contributed by atoms with van der Waals surface area (Å²) in [6.45, 7) is -0.524. The van der Waals surface area contributed by atoms with Gasteiger partial charge in [-0.15, -0.1) is 0 Å². The number of benzene rings is 1. The molecule has 1 unspecified atom stereocenters. The van der Waals surface area contributed by atoms with Crippen LogP contribution in [0.5, 0.6) is 0 Å². The highest BCUT2D eigenvalue weighted by Gasteiger charge is 2.38. The summed E-state index contributed by atoms with van der Waals surface area (Å²) in [5.74, 6) is 0. The predicted molar refractivity (Wildman–Crippen MR) is 65.1 cm³/mol. The van der Waals surface area contributed by atoms with Crippen LogP contribution in [0.25, 0.3) is 0 Å². The fourth-order valence-electron chi connectivity index (χ4n) is 1.94. The Morgan fingerprint density at radius 1 is 1.16 bits per heavy atom. The number of rotatable bonds is 5. The lowest BCUT2D eigenvalue weighted by Gasteiger charge is -2.25. The second-order valence-electron chi connectivity index (χ2n) is 4.48. The Morgan fingerprint density at radius 2 is 1.84 bits per heavy atom. The number of hydrogen-bond donors (Lipinski definition) is 4. The molecule has 0 radical (unpaired) electrons. The minimum absolute atomic E-state index is 0.107. The standard InChI is InChI=1S/C13H18O6/c14-6-9(15)11(16)12(17)10-7-18-13(19-10)8-4-2-1-3-5-8/h1-5,9-17H,6-7H2/t9-,10+,11-,12-,13?/m1/s1. The molecule has 0 aromatic heterocycles. The van der Waals surface area contributed by atoms with Crippen LogP contribution in [0.2, 0.25) is 0 Å². The number of hydrogen-bond acceptors (Lipinski definition) is 6. The van der Waals surface area contributed by atoms with Gasteiger partial charge < -0.3 is 29.9 Å². The summed E-state index contributed by atoms with van der Waals surface area (Å²) in [6, 6.07) is 9.22. The molecule has 0 bridgehead atoms. The van der Waals surface area contributed by atoms with Gasteiger partial charge in [0, 0.05) is 5.56 Å². The van der Waals surface area contributed by atoms with Gasteiger partial charge in [0.25, 0.3) is 0 Å². The van der Waals surface area contributed by atoms with Gasteiger partial charge in [-0.25, -0.2) is 0 Å². The molecule has 19 heavy (non-hydrogen) atoms. The zero-order chi connectivity index (χ0) is 13.8. The molecule has 0 amide bonds. The number of aliphatic hydroxyl groups excluding tert-OH is 4. The highest BCUT2D eigenvalue weighted by atomic mass is 16.7. The van der Waals surface area contributed by atoms with Gasteiger partial charge in [0.15, 0.2) is 6.29 Å². The molecule has 0 spiro atoms. The molecule has 1 aromatic carbocycles. The van der Waals surface area contributed by atoms with Crippen LogP contribution in [0.1, 0.15) is 11.9 Å². The van der Waals surface area contributed by atoms with E-state index in [1.807, 2.05) is 30.3 Å². The molecule has 6 nitrogen and oxygen atoms in total. The van der Waals surface area contributed by atoms with E-state index in [4.69, 9.17) is 14.6 Å². The van der Waals surface area contributed by atoms with Crippen molar-refractivity contribution >= 4 is 0 Å². The van der Waals surface area contributed by atoms with Crippen molar-refractivity contribution in [2.75, 3.05) is 13.2 Å². The first kappa shape index (κ1) is 14.4. The third-order valence-corrected chi connectivity index (χ3v) is 3.09. The molecule has 1 fully saturated rings. The average Bonchev–Trinajstić information content (AvgIpc) is 2.95. The van der Waals surface area contributed by atoms with E-state index in [1.54, 1.807) is 0 Å². The Morgan fingerprint density at radius 3 is 2.47 bits per heavy atom. The van der Waals surface area contributed by atoms with E-state index in [0.29, 0.717) is 0 Å². The highest BCUT2D eigenvalue weighted by Crippen LogP contribution is 2.29. The Balaban J connectivity index is 1.95. The molecule has 0 aliphatic carbocycles. The molecule has 1 aromatic rings. The van der Waals surface area contributed by atoms with E-state index in [1.165, 1.54) is 0 Å². The maximum absolute atomic E-state index is 9.86. The maximum Gasteiger partial charge on any atom is 0.184 e. The van der Waals surface area contributed by atoms with Crippen LogP contribution in [0.3, 0.4) is 0 Å². The molecule has 0 saturated carbocycles. The van der Waals surface area contributed by atoms with Gasteiger partial charge in [-0.05, 0) is 0 Å². The second kappa shape index (κ2) is 6.42. The lowest BCUT2D eigenvalue weighted by molar-refractivity contribution is -0.134. The van der Waals surface area contributed by atoms with Crippen LogP contribution in [-0.4, -0.2) is 58.1 Å². The van der Waals surface area contributed by atoms with Gasteiger partial charge in [0.2, 0.25) is 0 Å². The van der Waals surface area contributed by atoms with Gasteiger partial charge in [-0.3, -0.25) is 0 Å². The fourth-order valence-corrected chi connectivity index (χ4v) is 1.94. The van der Waals surface area contributed by atoms with E-state index in [2.05, 4.69) is 0 Å². The summed E-state index contributed by atoms with van der Waals surface area (Å²) in [4.78, 5) is 0. The van der Waals surface area contributed by atoms with Crippen LogP contribution in [-0.2, 0) is 9.47 Å². The van der Waals surface area contributed by atoms with Crippen molar-refractivity contribution < 1.29 is 29.9 Å². The van der Waals surface area contributed by atoms with Crippen molar-refractivity contribution in [2.45, 2.75) is 30.7 Å². The Labute approximate surface area is 110 Å². The Bertz CT molecular complexity index is 384. The zero-order valence-electron chi connectivity index (χ0n) is 10.3. The first-order valence-corrected chi connectivity index (χ1v) is 6.10. The fraction of sp³-hybridized carbons (Fsp3) is 0.538. The molecule has 6 heteroatoms. The summed E-state index contributed by atoms with van der Waals surface area (Å²) in [6.07, 6.45) is -5.56. The summed E-state index contributed by atoms with van der Waals surface area (Å²) < 4.78 is 10.9. The SMILES string of the molecule is OC[C@@H](O)[C@@H](O)[C@H](O)[C@@H]1COC(c2ccccc2)O1. The quantitative estimate of drug-likeness (QED) is 0.558.